The SMILES string of the molecule is O=C1OC2(C3=C(Cl)C(O)(Cl)C(Cl)(Cl)C(Cl)=C13)c1ccccc1Oc1c2ccc(O)c1Cl. The summed E-state index contributed by atoms with van der Waals surface area (Å²) in [4.78, 5) is 13.1. The number of ether oxygens (including phenoxy) is 2. The summed E-state index contributed by atoms with van der Waals surface area (Å²) >= 11 is 37.8. The molecule has 2 aromatic rings. The molecule has 0 aromatic heterocycles. The number of phenolic OH excluding ortho intramolecular Hbond substituents is 1. The maximum Gasteiger partial charge on any atom is 0.341 e. The Morgan fingerprint density at radius 2 is 1.58 bits per heavy atom. The number of esters is 1. The fraction of sp³-hybridized carbons (Fsp3) is 0.150. The Bertz CT molecular complexity index is 1260. The molecule has 11 heteroatoms. The van der Waals surface area contributed by atoms with Gasteiger partial charge in [-0.2, -0.15) is 0 Å². The summed E-state index contributed by atoms with van der Waals surface area (Å²) in [6.45, 7) is 0. The van der Waals surface area contributed by atoms with Gasteiger partial charge in [0, 0.05) is 16.7 Å². The average Bonchev–Trinajstić information content (AvgIpc) is 3.02. The van der Waals surface area contributed by atoms with Crippen LogP contribution in [0.3, 0.4) is 0 Å². The quantitative estimate of drug-likeness (QED) is 0.314. The van der Waals surface area contributed by atoms with Crippen molar-refractivity contribution in [3.05, 3.63) is 73.8 Å². The lowest BCUT2D eigenvalue weighted by molar-refractivity contribution is -0.143. The molecule has 5 nitrogen and oxygen atoms in total. The van der Waals surface area contributed by atoms with Gasteiger partial charge in [0.2, 0.25) is 9.39 Å². The van der Waals surface area contributed by atoms with Gasteiger partial charge in [0.1, 0.15) is 16.5 Å². The number of rotatable bonds is 0. The first-order chi connectivity index (χ1) is 14.5. The van der Waals surface area contributed by atoms with Gasteiger partial charge in [0.25, 0.3) is 0 Å². The van der Waals surface area contributed by atoms with E-state index in [-0.39, 0.29) is 39.0 Å². The molecule has 160 valence electrons. The number of aliphatic hydroxyl groups is 1. The third-order valence-electron chi connectivity index (χ3n) is 5.41. The van der Waals surface area contributed by atoms with E-state index in [9.17, 15) is 15.0 Å². The van der Waals surface area contributed by atoms with Crippen LogP contribution in [0.25, 0.3) is 0 Å². The molecule has 2 unspecified atom stereocenters. The minimum atomic E-state index is -2.59. The monoisotopic (exact) mass is 538 g/mol. The number of phenols is 1. The summed E-state index contributed by atoms with van der Waals surface area (Å²) in [6.07, 6.45) is 0. The molecule has 1 fully saturated rings. The molecule has 3 aliphatic rings. The Morgan fingerprint density at radius 1 is 0.903 bits per heavy atom. The van der Waals surface area contributed by atoms with E-state index in [0.29, 0.717) is 5.56 Å². The molecule has 0 saturated carbocycles. The normalized spacial score (nSPS) is 28.2. The van der Waals surface area contributed by atoms with Crippen LogP contribution in [0.1, 0.15) is 11.1 Å². The first kappa shape index (κ1) is 21.5. The molecule has 0 bridgehead atoms. The molecule has 31 heavy (non-hydrogen) atoms. The molecular weight excluding hydrogens is 533 g/mol. The van der Waals surface area contributed by atoms with Crippen molar-refractivity contribution in [2.24, 2.45) is 0 Å². The van der Waals surface area contributed by atoms with Crippen molar-refractivity contribution in [3.8, 4) is 17.2 Å². The largest absolute Gasteiger partial charge is 0.506 e. The number of para-hydroxylation sites is 1. The molecule has 2 N–H and O–H groups in total. The second-order valence-corrected chi connectivity index (χ2v) is 10.0. The van der Waals surface area contributed by atoms with E-state index >= 15 is 0 Å². The van der Waals surface area contributed by atoms with Gasteiger partial charge in [0.15, 0.2) is 11.4 Å². The smallest absolute Gasteiger partial charge is 0.341 e. The summed E-state index contributed by atoms with van der Waals surface area (Å²) in [5, 5.41) is 17.4. The number of carbonyl (C=O) groups is 1. The number of alkyl halides is 3. The molecule has 0 radical (unpaired) electrons. The molecule has 2 aromatic carbocycles. The number of carbonyl (C=O) groups excluding carboxylic acids is 1. The number of aromatic hydroxyl groups is 1. The van der Waals surface area contributed by atoms with Crippen LogP contribution >= 0.6 is 69.6 Å². The van der Waals surface area contributed by atoms with Crippen LogP contribution in [-0.2, 0) is 15.1 Å². The predicted octanol–water partition coefficient (Wildman–Crippen LogP) is 6.05. The third kappa shape index (κ3) is 2.48. The first-order valence-electron chi connectivity index (χ1n) is 8.59. The number of hydrogen-bond donors (Lipinski definition) is 2. The van der Waals surface area contributed by atoms with E-state index in [2.05, 4.69) is 0 Å². The highest BCUT2D eigenvalue weighted by atomic mass is 35.5. The maximum atomic E-state index is 13.1. The summed E-state index contributed by atoms with van der Waals surface area (Å²) in [5.74, 6) is -0.875. The topological polar surface area (TPSA) is 76.0 Å². The summed E-state index contributed by atoms with van der Waals surface area (Å²) in [5.41, 5.74) is -1.49. The molecule has 2 atom stereocenters. The Hall–Kier alpha value is -1.31. The van der Waals surface area contributed by atoms with Gasteiger partial charge in [-0.1, -0.05) is 87.8 Å². The van der Waals surface area contributed by atoms with Crippen molar-refractivity contribution in [1.29, 1.82) is 0 Å². The van der Waals surface area contributed by atoms with E-state index in [1.165, 1.54) is 12.1 Å². The predicted molar refractivity (Wildman–Crippen MR) is 118 cm³/mol. The zero-order chi connectivity index (χ0) is 22.5. The summed E-state index contributed by atoms with van der Waals surface area (Å²) < 4.78 is 9.44. The lowest BCUT2D eigenvalue weighted by Crippen LogP contribution is -2.47. The molecular formula is C20H8Cl6O5. The van der Waals surface area contributed by atoms with Gasteiger partial charge in [-0.25, -0.2) is 4.79 Å². The van der Waals surface area contributed by atoms with Gasteiger partial charge < -0.3 is 19.7 Å². The Kier molecular flexibility index (Phi) is 4.59. The average molecular weight is 541 g/mol. The highest BCUT2D eigenvalue weighted by Gasteiger charge is 2.66. The van der Waals surface area contributed by atoms with Gasteiger partial charge in [0.05, 0.1) is 15.6 Å². The molecule has 1 saturated heterocycles. The highest BCUT2D eigenvalue weighted by molar-refractivity contribution is 6.62. The molecule has 1 aliphatic carbocycles. The zero-order valence-corrected chi connectivity index (χ0v) is 19.4. The minimum Gasteiger partial charge on any atom is -0.506 e. The van der Waals surface area contributed by atoms with Crippen LogP contribution in [-0.4, -0.2) is 25.6 Å². The fourth-order valence-electron chi connectivity index (χ4n) is 3.99. The van der Waals surface area contributed by atoms with Crippen molar-refractivity contribution in [2.75, 3.05) is 0 Å². The highest BCUT2D eigenvalue weighted by Crippen LogP contribution is 2.66. The second-order valence-electron chi connectivity index (χ2n) is 7.02. The molecule has 1 spiro atoms. The standard InChI is InChI=1S/C20H8Cl6O5/c21-13-9(27)6-5-8-14(13)30-10-4-2-1-3-7(10)18(8)12-11(17(28)31-18)15(22)19(24,25)20(26,29)16(12)23/h1-6,27,29H. The van der Waals surface area contributed by atoms with E-state index in [1.807, 2.05) is 0 Å². The summed E-state index contributed by atoms with van der Waals surface area (Å²) in [7, 11) is 0. The van der Waals surface area contributed by atoms with Gasteiger partial charge >= 0.3 is 5.97 Å². The first-order valence-corrected chi connectivity index (χ1v) is 10.9. The van der Waals surface area contributed by atoms with E-state index in [0.717, 1.165) is 0 Å². The Labute approximate surface area is 205 Å². The second kappa shape index (κ2) is 6.61. The van der Waals surface area contributed by atoms with Crippen LogP contribution in [0, 0.1) is 0 Å². The molecule has 0 amide bonds. The third-order valence-corrected chi connectivity index (χ3v) is 8.59. The van der Waals surface area contributed by atoms with Crippen LogP contribution < -0.4 is 4.74 Å². The van der Waals surface area contributed by atoms with Crippen LogP contribution in [0.5, 0.6) is 17.2 Å². The van der Waals surface area contributed by atoms with E-state index < -0.39 is 31.0 Å². The Balaban J connectivity index is 1.97. The molecule has 5 rings (SSSR count). The van der Waals surface area contributed by atoms with Crippen molar-refractivity contribution in [2.45, 2.75) is 15.0 Å². The zero-order valence-electron chi connectivity index (χ0n) is 14.9. The molecule has 2 heterocycles. The number of benzene rings is 2. The van der Waals surface area contributed by atoms with E-state index in [1.54, 1.807) is 24.3 Å². The number of fused-ring (bicyclic) bond motifs is 6. The number of hydrogen-bond acceptors (Lipinski definition) is 5. The maximum absolute atomic E-state index is 13.1. The Morgan fingerprint density at radius 3 is 2.29 bits per heavy atom. The lowest BCUT2D eigenvalue weighted by atomic mass is 9.74. The van der Waals surface area contributed by atoms with Crippen molar-refractivity contribution in [3.63, 3.8) is 0 Å². The lowest BCUT2D eigenvalue weighted by Gasteiger charge is -2.42. The van der Waals surface area contributed by atoms with Crippen LogP contribution in [0.4, 0.5) is 0 Å². The summed E-state index contributed by atoms with van der Waals surface area (Å²) in [6, 6.07) is 9.36. The minimum absolute atomic E-state index is 0.0224. The van der Waals surface area contributed by atoms with Crippen LogP contribution in [0.15, 0.2) is 57.6 Å². The van der Waals surface area contributed by atoms with Crippen molar-refractivity contribution in [1.82, 2.24) is 0 Å². The van der Waals surface area contributed by atoms with Crippen molar-refractivity contribution >= 4 is 75.6 Å². The van der Waals surface area contributed by atoms with Crippen LogP contribution in [0.2, 0.25) is 5.02 Å². The molecule has 2 aliphatic heterocycles. The van der Waals surface area contributed by atoms with Crippen molar-refractivity contribution < 1.29 is 24.5 Å². The van der Waals surface area contributed by atoms with Gasteiger partial charge in [-0.15, -0.1) is 0 Å². The van der Waals surface area contributed by atoms with Gasteiger partial charge in [-0.05, 0) is 18.2 Å². The van der Waals surface area contributed by atoms with E-state index in [4.69, 9.17) is 79.1 Å². The van der Waals surface area contributed by atoms with Gasteiger partial charge in [-0.3, -0.25) is 0 Å². The number of halogens is 6. The fourth-order valence-corrected chi connectivity index (χ4v) is 5.59.